The lowest BCUT2D eigenvalue weighted by Crippen LogP contribution is -2.09. The minimum absolute atomic E-state index is 0.0639. The van der Waals surface area contributed by atoms with E-state index in [1.807, 2.05) is 6.92 Å². The van der Waals surface area contributed by atoms with Gasteiger partial charge in [-0.25, -0.2) is 0 Å². The number of carbonyl (C=O) groups is 1. The highest BCUT2D eigenvalue weighted by Crippen LogP contribution is 2.30. The van der Waals surface area contributed by atoms with E-state index in [4.69, 9.17) is 9.84 Å². The summed E-state index contributed by atoms with van der Waals surface area (Å²) in [7, 11) is 1.57. The minimum atomic E-state index is -0.842. The minimum Gasteiger partial charge on any atom is -0.496 e. The molecule has 5 heteroatoms. The van der Waals surface area contributed by atoms with E-state index >= 15 is 0 Å². The zero-order valence-electron chi connectivity index (χ0n) is 10.4. The molecule has 0 spiro atoms. The smallest absolute Gasteiger partial charge is 0.303 e. The molecule has 18 heavy (non-hydrogen) atoms. The van der Waals surface area contributed by atoms with Gasteiger partial charge >= 0.3 is 5.97 Å². The number of halogens is 1. The lowest BCUT2D eigenvalue weighted by molar-refractivity contribution is -0.138. The van der Waals surface area contributed by atoms with Crippen molar-refractivity contribution in [2.24, 2.45) is 5.92 Å². The zero-order valence-corrected chi connectivity index (χ0v) is 12.0. The maximum atomic E-state index is 10.6. The van der Waals surface area contributed by atoms with Gasteiger partial charge in [0, 0.05) is 6.42 Å². The van der Waals surface area contributed by atoms with Crippen LogP contribution in [-0.2, 0) is 4.79 Å². The van der Waals surface area contributed by atoms with Gasteiger partial charge < -0.3 is 14.9 Å². The second-order valence-corrected chi connectivity index (χ2v) is 5.20. The average Bonchev–Trinajstić information content (AvgIpc) is 2.27. The molecule has 0 aromatic heterocycles. The monoisotopic (exact) mass is 316 g/mol. The molecule has 100 valence electrons. The fourth-order valence-corrected chi connectivity index (χ4v) is 2.35. The molecule has 1 aromatic carbocycles. The van der Waals surface area contributed by atoms with Gasteiger partial charge in [-0.2, -0.15) is 0 Å². The molecule has 0 saturated heterocycles. The van der Waals surface area contributed by atoms with Crippen molar-refractivity contribution < 1.29 is 19.7 Å². The lowest BCUT2D eigenvalue weighted by atomic mass is 9.96. The summed E-state index contributed by atoms with van der Waals surface area (Å²) in [6, 6.07) is 5.34. The highest BCUT2D eigenvalue weighted by molar-refractivity contribution is 9.10. The Morgan fingerprint density at radius 3 is 2.67 bits per heavy atom. The van der Waals surface area contributed by atoms with Gasteiger partial charge in [-0.1, -0.05) is 13.0 Å². The fourth-order valence-electron chi connectivity index (χ4n) is 1.79. The molecule has 0 saturated carbocycles. The van der Waals surface area contributed by atoms with Gasteiger partial charge in [0.1, 0.15) is 5.75 Å². The fraction of sp³-hybridized carbons (Fsp3) is 0.462. The van der Waals surface area contributed by atoms with Crippen molar-refractivity contribution in [1.29, 1.82) is 0 Å². The first-order valence-electron chi connectivity index (χ1n) is 5.67. The molecule has 1 aromatic rings. The Balaban J connectivity index is 2.69. The van der Waals surface area contributed by atoms with Gasteiger partial charge in [-0.05, 0) is 46.0 Å². The van der Waals surface area contributed by atoms with E-state index in [1.54, 1.807) is 25.3 Å². The number of ether oxygens (including phenoxy) is 1. The predicted molar refractivity (Wildman–Crippen MR) is 71.7 cm³/mol. The molecule has 0 bridgehead atoms. The summed E-state index contributed by atoms with van der Waals surface area (Å²) in [6.45, 7) is 1.82. The standard InChI is InChI=1S/C13H17BrO4/c1-8(6-13(16)17)5-11(15)9-3-4-12(18-2)10(14)7-9/h3-4,7-8,11,15H,5-6H2,1-2H3,(H,16,17). The second-order valence-electron chi connectivity index (χ2n) is 4.35. The highest BCUT2D eigenvalue weighted by atomic mass is 79.9. The third-order valence-corrected chi connectivity index (χ3v) is 3.33. The molecule has 2 N–H and O–H groups in total. The third-order valence-electron chi connectivity index (χ3n) is 2.71. The van der Waals surface area contributed by atoms with Crippen LogP contribution in [0.5, 0.6) is 5.75 Å². The first-order valence-corrected chi connectivity index (χ1v) is 6.46. The van der Waals surface area contributed by atoms with Gasteiger partial charge in [0.15, 0.2) is 0 Å². The first kappa shape index (κ1) is 15.0. The Kier molecular flexibility index (Phi) is 5.62. The molecule has 0 aliphatic rings. The number of benzene rings is 1. The van der Waals surface area contributed by atoms with Crippen molar-refractivity contribution in [2.75, 3.05) is 7.11 Å². The SMILES string of the molecule is COc1ccc(C(O)CC(C)CC(=O)O)cc1Br. The second kappa shape index (κ2) is 6.75. The highest BCUT2D eigenvalue weighted by Gasteiger charge is 2.16. The van der Waals surface area contributed by atoms with E-state index in [-0.39, 0.29) is 12.3 Å². The van der Waals surface area contributed by atoms with E-state index < -0.39 is 12.1 Å². The molecular weight excluding hydrogens is 300 g/mol. The number of aliphatic hydroxyl groups is 1. The Bertz CT molecular complexity index is 419. The van der Waals surface area contributed by atoms with Crippen LogP contribution in [0.25, 0.3) is 0 Å². The predicted octanol–water partition coefficient (Wildman–Crippen LogP) is 2.99. The van der Waals surface area contributed by atoms with Crippen molar-refractivity contribution in [3.8, 4) is 5.75 Å². The van der Waals surface area contributed by atoms with Gasteiger partial charge in [-0.3, -0.25) is 4.79 Å². The summed E-state index contributed by atoms with van der Waals surface area (Å²) in [5, 5.41) is 18.7. The van der Waals surface area contributed by atoms with Gasteiger partial charge in [-0.15, -0.1) is 0 Å². The van der Waals surface area contributed by atoms with Crippen molar-refractivity contribution >= 4 is 21.9 Å². The zero-order chi connectivity index (χ0) is 13.7. The van der Waals surface area contributed by atoms with E-state index in [1.165, 1.54) is 0 Å². The van der Waals surface area contributed by atoms with E-state index in [9.17, 15) is 9.90 Å². The summed E-state index contributed by atoms with van der Waals surface area (Å²) >= 11 is 3.35. The van der Waals surface area contributed by atoms with Crippen molar-refractivity contribution in [3.05, 3.63) is 28.2 Å². The summed E-state index contributed by atoms with van der Waals surface area (Å²) in [5.74, 6) is -0.214. The van der Waals surface area contributed by atoms with Crippen LogP contribution in [0.2, 0.25) is 0 Å². The average molecular weight is 317 g/mol. The van der Waals surface area contributed by atoms with E-state index in [0.717, 1.165) is 10.0 Å². The Labute approximate surface area is 115 Å². The van der Waals surface area contributed by atoms with Crippen LogP contribution in [0, 0.1) is 5.92 Å². The van der Waals surface area contributed by atoms with Crippen molar-refractivity contribution in [3.63, 3.8) is 0 Å². The largest absolute Gasteiger partial charge is 0.496 e. The molecule has 4 nitrogen and oxygen atoms in total. The Morgan fingerprint density at radius 1 is 1.50 bits per heavy atom. The van der Waals surface area contributed by atoms with Crippen molar-refractivity contribution in [2.45, 2.75) is 25.9 Å². The van der Waals surface area contributed by atoms with Gasteiger partial charge in [0.2, 0.25) is 0 Å². The summed E-state index contributed by atoms with van der Waals surface area (Å²) < 4.78 is 5.88. The quantitative estimate of drug-likeness (QED) is 0.846. The van der Waals surface area contributed by atoms with Crippen LogP contribution in [0.3, 0.4) is 0 Å². The molecular formula is C13H17BrO4. The normalized spacial score (nSPS) is 14.0. The molecule has 2 unspecified atom stereocenters. The van der Waals surface area contributed by atoms with Crippen LogP contribution in [0.4, 0.5) is 0 Å². The Hall–Kier alpha value is -1.07. The van der Waals surface area contributed by atoms with Crippen LogP contribution in [0.1, 0.15) is 31.4 Å². The van der Waals surface area contributed by atoms with Gasteiger partial charge in [0.05, 0.1) is 17.7 Å². The Morgan fingerprint density at radius 2 is 2.17 bits per heavy atom. The topological polar surface area (TPSA) is 66.8 Å². The maximum absolute atomic E-state index is 10.6. The molecule has 0 radical (unpaired) electrons. The number of aliphatic carboxylic acids is 1. The maximum Gasteiger partial charge on any atom is 0.303 e. The number of carboxylic acid groups (broad SMARTS) is 1. The molecule has 0 aliphatic heterocycles. The van der Waals surface area contributed by atoms with Crippen LogP contribution in [-0.4, -0.2) is 23.3 Å². The van der Waals surface area contributed by atoms with Crippen LogP contribution < -0.4 is 4.74 Å². The number of hydrogen-bond donors (Lipinski definition) is 2. The molecule has 1 rings (SSSR count). The first-order chi connectivity index (χ1) is 8.43. The molecule has 2 atom stereocenters. The number of carboxylic acids is 1. The number of hydrogen-bond acceptors (Lipinski definition) is 3. The van der Waals surface area contributed by atoms with E-state index in [0.29, 0.717) is 12.2 Å². The molecule has 0 amide bonds. The number of methoxy groups -OCH3 is 1. The van der Waals surface area contributed by atoms with Crippen molar-refractivity contribution in [1.82, 2.24) is 0 Å². The molecule has 0 heterocycles. The molecule has 0 aliphatic carbocycles. The van der Waals surface area contributed by atoms with Crippen LogP contribution in [0.15, 0.2) is 22.7 Å². The molecule has 0 fully saturated rings. The summed E-state index contributed by atoms with van der Waals surface area (Å²) in [4.78, 5) is 10.6. The third kappa shape index (κ3) is 4.31. The lowest BCUT2D eigenvalue weighted by Gasteiger charge is -2.16. The summed E-state index contributed by atoms with van der Waals surface area (Å²) in [6.07, 6.45) is -0.180. The number of rotatable bonds is 6. The van der Waals surface area contributed by atoms with Crippen LogP contribution >= 0.6 is 15.9 Å². The number of aliphatic hydroxyl groups excluding tert-OH is 1. The summed E-state index contributed by atoms with van der Waals surface area (Å²) in [5.41, 5.74) is 0.750. The van der Waals surface area contributed by atoms with E-state index in [2.05, 4.69) is 15.9 Å². The van der Waals surface area contributed by atoms with Gasteiger partial charge in [0.25, 0.3) is 0 Å².